The molecule has 2 aromatic carbocycles. The normalized spacial score (nSPS) is 11.7. The average Bonchev–Trinajstić information content (AvgIpc) is 2.54. The van der Waals surface area contributed by atoms with Crippen LogP contribution in [0.5, 0.6) is 5.75 Å². The fraction of sp³-hybridized carbons (Fsp3) is 0.278. The van der Waals surface area contributed by atoms with Gasteiger partial charge in [0.2, 0.25) is 0 Å². The Morgan fingerprint density at radius 1 is 1.09 bits per heavy atom. The van der Waals surface area contributed by atoms with Gasteiger partial charge in [0, 0.05) is 12.1 Å². The molecular weight excluding hydrogens is 276 g/mol. The van der Waals surface area contributed by atoms with Gasteiger partial charge < -0.3 is 15.0 Å². The number of rotatable bonds is 7. The molecule has 1 atom stereocenters. The molecule has 0 heterocycles. The van der Waals surface area contributed by atoms with Gasteiger partial charge in [-0.25, -0.2) is 0 Å². The minimum absolute atomic E-state index is 0.0238. The minimum atomic E-state index is 0.0238. The lowest BCUT2D eigenvalue weighted by atomic mass is 10.1. The molecule has 1 amide bonds. The predicted molar refractivity (Wildman–Crippen MR) is 88.4 cm³/mol. The Hall–Kier alpha value is -2.33. The van der Waals surface area contributed by atoms with Crippen LogP contribution in [0.4, 0.5) is 5.69 Å². The molecule has 0 aliphatic heterocycles. The summed E-state index contributed by atoms with van der Waals surface area (Å²) in [6.45, 7) is 1.39. The van der Waals surface area contributed by atoms with Crippen LogP contribution < -0.4 is 15.0 Å². The molecule has 2 rings (SSSR count). The highest BCUT2D eigenvalue weighted by molar-refractivity contribution is 5.91. The van der Waals surface area contributed by atoms with Crippen molar-refractivity contribution >= 4 is 11.6 Å². The van der Waals surface area contributed by atoms with Gasteiger partial charge in [-0.1, -0.05) is 30.3 Å². The minimum Gasteiger partial charge on any atom is -0.497 e. The Bertz CT molecular complexity index is 582. The molecule has 0 radical (unpaired) electrons. The number of methoxy groups -OCH3 is 1. The number of ether oxygens (including phenoxy) is 1. The van der Waals surface area contributed by atoms with Gasteiger partial charge in [-0.2, -0.15) is 0 Å². The smallest absolute Gasteiger partial charge is 0.279 e. The van der Waals surface area contributed by atoms with Crippen molar-refractivity contribution in [1.29, 1.82) is 0 Å². The lowest BCUT2D eigenvalue weighted by molar-refractivity contribution is -0.870. The van der Waals surface area contributed by atoms with E-state index in [9.17, 15) is 4.79 Å². The highest BCUT2D eigenvalue weighted by atomic mass is 16.5. The second-order valence-corrected chi connectivity index (χ2v) is 5.40. The van der Waals surface area contributed by atoms with Crippen LogP contribution in [-0.4, -0.2) is 33.2 Å². The molecule has 0 spiro atoms. The number of quaternary nitrogens is 1. The van der Waals surface area contributed by atoms with Gasteiger partial charge in [0.15, 0.2) is 6.54 Å². The number of benzene rings is 2. The summed E-state index contributed by atoms with van der Waals surface area (Å²) in [5, 5.41) is 2.91. The molecule has 2 aromatic rings. The molecule has 2 N–H and O–H groups in total. The van der Waals surface area contributed by atoms with Crippen LogP contribution in [0.1, 0.15) is 5.56 Å². The molecule has 22 heavy (non-hydrogen) atoms. The molecule has 0 fully saturated rings. The zero-order valence-electron chi connectivity index (χ0n) is 13.1. The van der Waals surface area contributed by atoms with E-state index < -0.39 is 0 Å². The summed E-state index contributed by atoms with van der Waals surface area (Å²) >= 11 is 0. The van der Waals surface area contributed by atoms with Crippen LogP contribution in [0.3, 0.4) is 0 Å². The number of amides is 1. The summed E-state index contributed by atoms with van der Waals surface area (Å²) in [5.74, 6) is 0.805. The monoisotopic (exact) mass is 299 g/mol. The van der Waals surface area contributed by atoms with Gasteiger partial charge in [-0.3, -0.25) is 4.79 Å². The van der Waals surface area contributed by atoms with E-state index in [0.29, 0.717) is 6.54 Å². The summed E-state index contributed by atoms with van der Waals surface area (Å²) in [6.07, 6.45) is 0.975. The molecule has 1 unspecified atom stereocenters. The van der Waals surface area contributed by atoms with E-state index in [0.717, 1.165) is 24.4 Å². The van der Waals surface area contributed by atoms with Gasteiger partial charge in [0.25, 0.3) is 5.91 Å². The number of hydrogen-bond acceptors (Lipinski definition) is 2. The molecule has 0 aliphatic rings. The fourth-order valence-corrected chi connectivity index (χ4v) is 2.24. The van der Waals surface area contributed by atoms with Crippen LogP contribution >= 0.6 is 0 Å². The summed E-state index contributed by atoms with van der Waals surface area (Å²) in [7, 11) is 3.66. The van der Waals surface area contributed by atoms with Crippen LogP contribution in [-0.2, 0) is 11.2 Å². The first-order chi connectivity index (χ1) is 10.7. The van der Waals surface area contributed by atoms with E-state index in [1.54, 1.807) is 7.11 Å². The molecule has 4 nitrogen and oxygen atoms in total. The van der Waals surface area contributed by atoms with Gasteiger partial charge in [0.1, 0.15) is 5.75 Å². The Morgan fingerprint density at radius 3 is 2.41 bits per heavy atom. The number of anilines is 1. The maximum Gasteiger partial charge on any atom is 0.279 e. The van der Waals surface area contributed by atoms with Gasteiger partial charge in [-0.05, 0) is 29.8 Å². The maximum atomic E-state index is 12.0. The van der Waals surface area contributed by atoms with Crippen molar-refractivity contribution in [1.82, 2.24) is 0 Å². The number of hydrogen-bond donors (Lipinski definition) is 2. The molecular formula is C18H23N2O2+. The summed E-state index contributed by atoms with van der Waals surface area (Å²) in [5.41, 5.74) is 2.10. The second kappa shape index (κ2) is 8.20. The van der Waals surface area contributed by atoms with Crippen LogP contribution in [0.15, 0.2) is 54.6 Å². The molecule has 0 bridgehead atoms. The number of carbonyl (C=O) groups is 1. The first-order valence-electron chi connectivity index (χ1n) is 7.46. The van der Waals surface area contributed by atoms with Crippen molar-refractivity contribution in [3.63, 3.8) is 0 Å². The van der Waals surface area contributed by atoms with Crippen molar-refractivity contribution in [2.24, 2.45) is 0 Å². The number of likely N-dealkylation sites (N-methyl/N-ethyl adjacent to an activating group) is 1. The summed E-state index contributed by atoms with van der Waals surface area (Å²) < 4.78 is 5.10. The van der Waals surface area contributed by atoms with E-state index in [1.165, 1.54) is 10.5 Å². The van der Waals surface area contributed by atoms with Crippen LogP contribution in [0, 0.1) is 0 Å². The molecule has 0 saturated carbocycles. The van der Waals surface area contributed by atoms with Crippen molar-refractivity contribution in [3.8, 4) is 5.75 Å². The third-order valence-electron chi connectivity index (χ3n) is 3.52. The topological polar surface area (TPSA) is 42.8 Å². The lowest BCUT2D eigenvalue weighted by Gasteiger charge is -2.14. The zero-order chi connectivity index (χ0) is 15.8. The first kappa shape index (κ1) is 16.0. The molecule has 0 saturated heterocycles. The Kier molecular flexibility index (Phi) is 5.98. The lowest BCUT2D eigenvalue weighted by Crippen LogP contribution is -3.10. The Labute approximate surface area is 131 Å². The van der Waals surface area contributed by atoms with Gasteiger partial charge >= 0.3 is 0 Å². The highest BCUT2D eigenvalue weighted by Gasteiger charge is 2.10. The Morgan fingerprint density at radius 2 is 1.77 bits per heavy atom. The quantitative estimate of drug-likeness (QED) is 0.811. The van der Waals surface area contributed by atoms with Crippen molar-refractivity contribution in [3.05, 3.63) is 60.2 Å². The van der Waals surface area contributed by atoms with Crippen molar-refractivity contribution < 1.29 is 14.4 Å². The largest absolute Gasteiger partial charge is 0.497 e. The summed E-state index contributed by atoms with van der Waals surface area (Å²) in [4.78, 5) is 13.2. The number of carbonyl (C=O) groups excluding carboxylic acids is 1. The van der Waals surface area contributed by atoms with E-state index >= 15 is 0 Å². The van der Waals surface area contributed by atoms with E-state index in [1.807, 2.05) is 49.5 Å². The van der Waals surface area contributed by atoms with Crippen molar-refractivity contribution in [2.75, 3.05) is 32.6 Å². The average molecular weight is 299 g/mol. The third kappa shape index (κ3) is 5.22. The van der Waals surface area contributed by atoms with E-state index in [2.05, 4.69) is 17.4 Å². The first-order valence-corrected chi connectivity index (χ1v) is 7.46. The predicted octanol–water partition coefficient (Wildman–Crippen LogP) is 1.39. The fourth-order valence-electron chi connectivity index (χ4n) is 2.24. The SMILES string of the molecule is COc1ccc(NC(=O)C[NH+](C)CCc2ccccc2)cc1. The standard InChI is InChI=1S/C18H22N2O2/c1-20(13-12-15-6-4-3-5-7-15)14-18(21)19-16-8-10-17(22-2)11-9-16/h3-11H,12-14H2,1-2H3,(H,19,21)/p+1. The molecule has 0 aromatic heterocycles. The molecule has 0 aliphatic carbocycles. The van der Waals surface area contributed by atoms with Crippen LogP contribution in [0.2, 0.25) is 0 Å². The zero-order valence-corrected chi connectivity index (χ0v) is 13.1. The molecule has 4 heteroatoms. The second-order valence-electron chi connectivity index (χ2n) is 5.40. The maximum absolute atomic E-state index is 12.0. The number of nitrogens with one attached hydrogen (secondary N) is 2. The van der Waals surface area contributed by atoms with Crippen molar-refractivity contribution in [2.45, 2.75) is 6.42 Å². The van der Waals surface area contributed by atoms with Gasteiger partial charge in [0.05, 0.1) is 20.7 Å². The van der Waals surface area contributed by atoms with E-state index in [-0.39, 0.29) is 5.91 Å². The van der Waals surface area contributed by atoms with Crippen LogP contribution in [0.25, 0.3) is 0 Å². The van der Waals surface area contributed by atoms with Gasteiger partial charge in [-0.15, -0.1) is 0 Å². The summed E-state index contributed by atoms with van der Waals surface area (Å²) in [6, 6.07) is 17.7. The Balaban J connectivity index is 1.75. The molecule has 116 valence electrons. The third-order valence-corrected chi connectivity index (χ3v) is 3.52. The van der Waals surface area contributed by atoms with E-state index in [4.69, 9.17) is 4.74 Å². The highest BCUT2D eigenvalue weighted by Crippen LogP contribution is 2.14.